The van der Waals surface area contributed by atoms with E-state index in [4.69, 9.17) is 0 Å². The van der Waals surface area contributed by atoms with E-state index in [1.165, 1.54) is 43.2 Å². The lowest BCUT2D eigenvalue weighted by molar-refractivity contribution is 0.999. The molecule has 0 saturated heterocycles. The number of hydrogen-bond acceptors (Lipinski definition) is 1. The average Bonchev–Trinajstić information content (AvgIpc) is 3.12. The Labute approximate surface area is 179 Å². The maximum Gasteiger partial charge on any atom is 0.0197 e. The highest BCUT2D eigenvalue weighted by Crippen LogP contribution is 2.39. The van der Waals surface area contributed by atoms with Crippen LogP contribution in [0.25, 0.3) is 11.6 Å². The van der Waals surface area contributed by atoms with Gasteiger partial charge in [-0.15, -0.1) is 0 Å². The van der Waals surface area contributed by atoms with Crippen molar-refractivity contribution in [3.63, 3.8) is 0 Å². The van der Waals surface area contributed by atoms with Crippen molar-refractivity contribution < 1.29 is 0 Å². The summed E-state index contributed by atoms with van der Waals surface area (Å²) in [5, 5.41) is 0. The zero-order valence-corrected chi connectivity index (χ0v) is 18.0. The third-order valence-corrected chi connectivity index (χ3v) is 6.69. The lowest BCUT2D eigenvalue weighted by Gasteiger charge is -2.10. The van der Waals surface area contributed by atoms with Crippen LogP contribution >= 0.6 is 11.8 Å². The van der Waals surface area contributed by atoms with Crippen molar-refractivity contribution in [1.82, 2.24) is 0 Å². The molecule has 0 radical (unpaired) electrons. The number of fused-ring (bicyclic) bond motifs is 1. The monoisotopic (exact) mass is 396 g/mol. The second kappa shape index (κ2) is 9.33. The van der Waals surface area contributed by atoms with Gasteiger partial charge in [-0.3, -0.25) is 0 Å². The average molecular weight is 397 g/mol. The van der Waals surface area contributed by atoms with Gasteiger partial charge in [0.05, 0.1) is 0 Å². The fourth-order valence-electron chi connectivity index (χ4n) is 3.83. The smallest absolute Gasteiger partial charge is 0.0197 e. The maximum atomic E-state index is 4.27. The van der Waals surface area contributed by atoms with Crippen LogP contribution in [-0.2, 0) is 19.3 Å². The highest BCUT2D eigenvalue weighted by atomic mass is 32.2. The minimum atomic E-state index is 1.05. The molecule has 0 N–H and O–H groups in total. The van der Waals surface area contributed by atoms with Gasteiger partial charge in [0.1, 0.15) is 0 Å². The van der Waals surface area contributed by atoms with E-state index in [1.807, 2.05) is 11.8 Å². The van der Waals surface area contributed by atoms with Gasteiger partial charge in [-0.1, -0.05) is 79.9 Å². The summed E-state index contributed by atoms with van der Waals surface area (Å²) in [7, 11) is 0. The first-order valence-corrected chi connectivity index (χ1v) is 11.4. The van der Waals surface area contributed by atoms with Gasteiger partial charge >= 0.3 is 0 Å². The van der Waals surface area contributed by atoms with Gasteiger partial charge in [0, 0.05) is 9.79 Å². The Morgan fingerprint density at radius 2 is 1.69 bits per heavy atom. The van der Waals surface area contributed by atoms with Crippen molar-refractivity contribution >= 4 is 23.4 Å². The molecular formula is C28H28S. The molecule has 1 heteroatoms. The second-order valence-corrected chi connectivity index (χ2v) is 8.79. The van der Waals surface area contributed by atoms with Crippen LogP contribution < -0.4 is 0 Å². The zero-order valence-electron chi connectivity index (χ0n) is 17.2. The molecule has 0 aromatic heterocycles. The van der Waals surface area contributed by atoms with E-state index in [1.54, 1.807) is 0 Å². The Hall–Kier alpha value is -2.51. The molecule has 3 aromatic carbocycles. The van der Waals surface area contributed by atoms with E-state index in [9.17, 15) is 0 Å². The molecule has 0 spiro atoms. The van der Waals surface area contributed by atoms with Crippen LogP contribution in [0.1, 0.15) is 47.6 Å². The summed E-state index contributed by atoms with van der Waals surface area (Å²) < 4.78 is 0. The van der Waals surface area contributed by atoms with Crippen LogP contribution in [0.4, 0.5) is 0 Å². The molecule has 0 aliphatic heterocycles. The van der Waals surface area contributed by atoms with Crippen LogP contribution in [0.15, 0.2) is 89.2 Å². The maximum absolute atomic E-state index is 4.27. The second-order valence-electron chi connectivity index (χ2n) is 7.68. The number of aryl methyl sites for hydroxylation is 3. The summed E-state index contributed by atoms with van der Waals surface area (Å²) in [5.41, 5.74) is 8.21. The molecule has 0 atom stereocenters. The summed E-state index contributed by atoms with van der Waals surface area (Å²) >= 11 is 1.86. The molecule has 3 aromatic rings. The molecule has 1 aliphatic carbocycles. The Bertz CT molecular complexity index is 1010. The molecule has 0 fully saturated rings. The van der Waals surface area contributed by atoms with Gasteiger partial charge in [0.15, 0.2) is 0 Å². The minimum Gasteiger partial charge on any atom is -0.0952 e. The number of hydrogen-bond donors (Lipinski definition) is 0. The quantitative estimate of drug-likeness (QED) is 0.390. The molecule has 146 valence electrons. The van der Waals surface area contributed by atoms with E-state index in [-0.39, 0.29) is 0 Å². The SMILES string of the molecule is C=C1CCc2cc(Sc3ccccc3)c(/C=C/CCc3ccc(CC)cc3)cc21. The molecule has 0 heterocycles. The van der Waals surface area contributed by atoms with Gasteiger partial charge in [0.2, 0.25) is 0 Å². The topological polar surface area (TPSA) is 0 Å². The molecule has 0 nitrogen and oxygen atoms in total. The first kappa shape index (κ1) is 19.8. The van der Waals surface area contributed by atoms with E-state index >= 15 is 0 Å². The largest absolute Gasteiger partial charge is 0.0952 e. The predicted molar refractivity (Wildman–Crippen MR) is 128 cm³/mol. The number of benzene rings is 3. The van der Waals surface area contributed by atoms with Gasteiger partial charge in [-0.2, -0.15) is 0 Å². The molecule has 1 aliphatic rings. The van der Waals surface area contributed by atoms with Crippen LogP contribution in [0, 0.1) is 0 Å². The molecule has 0 amide bonds. The Morgan fingerprint density at radius 1 is 0.931 bits per heavy atom. The lowest BCUT2D eigenvalue weighted by Crippen LogP contribution is -1.89. The van der Waals surface area contributed by atoms with Crippen molar-refractivity contribution in [3.8, 4) is 0 Å². The van der Waals surface area contributed by atoms with Crippen LogP contribution in [0.5, 0.6) is 0 Å². The summed E-state index contributed by atoms with van der Waals surface area (Å²) in [5.74, 6) is 0. The van der Waals surface area contributed by atoms with E-state index < -0.39 is 0 Å². The van der Waals surface area contributed by atoms with Crippen molar-refractivity contribution in [2.24, 2.45) is 0 Å². The van der Waals surface area contributed by atoms with E-state index in [0.717, 1.165) is 32.1 Å². The van der Waals surface area contributed by atoms with Crippen LogP contribution in [0.2, 0.25) is 0 Å². The molecule has 29 heavy (non-hydrogen) atoms. The lowest BCUT2D eigenvalue weighted by atomic mass is 10.0. The van der Waals surface area contributed by atoms with Gasteiger partial charge in [-0.25, -0.2) is 0 Å². The summed E-state index contributed by atoms with van der Waals surface area (Å²) in [6.07, 6.45) is 10.1. The Morgan fingerprint density at radius 3 is 2.45 bits per heavy atom. The third-order valence-electron chi connectivity index (χ3n) is 5.61. The fourth-order valence-corrected chi connectivity index (χ4v) is 4.82. The first-order valence-electron chi connectivity index (χ1n) is 10.6. The summed E-state index contributed by atoms with van der Waals surface area (Å²) in [6, 6.07) is 24.4. The first-order chi connectivity index (χ1) is 14.2. The van der Waals surface area contributed by atoms with Crippen molar-refractivity contribution in [2.75, 3.05) is 0 Å². The van der Waals surface area contributed by atoms with Crippen molar-refractivity contribution in [2.45, 2.75) is 48.8 Å². The van der Waals surface area contributed by atoms with Crippen molar-refractivity contribution in [3.05, 3.63) is 107 Å². The minimum absolute atomic E-state index is 1.05. The third kappa shape index (κ3) is 4.92. The van der Waals surface area contributed by atoms with Crippen LogP contribution in [-0.4, -0.2) is 0 Å². The van der Waals surface area contributed by atoms with Gasteiger partial charge < -0.3 is 0 Å². The normalized spacial score (nSPS) is 13.2. The van der Waals surface area contributed by atoms with Crippen LogP contribution in [0.3, 0.4) is 0 Å². The fraction of sp³-hybridized carbons (Fsp3) is 0.214. The Kier molecular flexibility index (Phi) is 6.36. The number of allylic oxidation sites excluding steroid dienone is 2. The van der Waals surface area contributed by atoms with Gasteiger partial charge in [0.25, 0.3) is 0 Å². The molecule has 4 rings (SSSR count). The number of rotatable bonds is 7. The van der Waals surface area contributed by atoms with Gasteiger partial charge in [-0.05, 0) is 89.8 Å². The molecule has 0 bridgehead atoms. The van der Waals surface area contributed by atoms with Crippen molar-refractivity contribution in [1.29, 1.82) is 0 Å². The summed E-state index contributed by atoms with van der Waals surface area (Å²) in [6.45, 7) is 6.47. The Balaban J connectivity index is 1.52. The summed E-state index contributed by atoms with van der Waals surface area (Å²) in [4.78, 5) is 2.63. The molecule has 0 saturated carbocycles. The zero-order chi connectivity index (χ0) is 20.1. The highest BCUT2D eigenvalue weighted by molar-refractivity contribution is 7.99. The van der Waals surface area contributed by atoms with E-state index in [0.29, 0.717) is 0 Å². The molecular weight excluding hydrogens is 368 g/mol. The standard InChI is InChI=1S/C28H28S/c1-3-22-14-16-23(17-15-22)9-7-8-10-25-19-27-21(2)13-18-24(27)20-28(25)29-26-11-5-4-6-12-26/h4-6,8,10-12,14-17,19-20H,2-3,7,9,13,18H2,1H3/b10-8+. The highest BCUT2D eigenvalue weighted by Gasteiger charge is 2.17. The van der Waals surface area contributed by atoms with E-state index in [2.05, 4.69) is 92.4 Å². The molecule has 0 unspecified atom stereocenters. The predicted octanol–water partition coefficient (Wildman–Crippen LogP) is 8.01.